The standard InChI is InChI=1S/C14H13N3O/c15-8-11-4-1-2-6-13(11)18-14(9-16)12-5-3-7-17-10-12/h1-7,10,14H,9,16H2. The summed E-state index contributed by atoms with van der Waals surface area (Å²) in [4.78, 5) is 4.04. The molecule has 0 aliphatic heterocycles. The number of benzene rings is 1. The third kappa shape index (κ3) is 2.65. The van der Waals surface area contributed by atoms with E-state index in [9.17, 15) is 0 Å². The fourth-order valence-electron chi connectivity index (χ4n) is 1.63. The molecule has 2 rings (SSSR count). The number of nitrogens with zero attached hydrogens (tertiary/aromatic N) is 2. The first-order chi connectivity index (χ1) is 8.85. The number of hydrogen-bond acceptors (Lipinski definition) is 4. The molecular formula is C14H13N3O. The summed E-state index contributed by atoms with van der Waals surface area (Å²) in [6.45, 7) is 0.325. The number of pyridine rings is 1. The maximum Gasteiger partial charge on any atom is 0.138 e. The molecule has 1 aromatic carbocycles. The lowest BCUT2D eigenvalue weighted by Gasteiger charge is -2.18. The summed E-state index contributed by atoms with van der Waals surface area (Å²) in [5.74, 6) is 0.541. The molecule has 1 aromatic heterocycles. The molecule has 4 nitrogen and oxygen atoms in total. The highest BCUT2D eigenvalue weighted by Crippen LogP contribution is 2.23. The van der Waals surface area contributed by atoms with E-state index in [0.717, 1.165) is 5.56 Å². The van der Waals surface area contributed by atoms with Crippen molar-refractivity contribution < 1.29 is 4.74 Å². The van der Waals surface area contributed by atoms with Crippen LogP contribution in [0.15, 0.2) is 48.8 Å². The summed E-state index contributed by atoms with van der Waals surface area (Å²) in [7, 11) is 0. The van der Waals surface area contributed by atoms with Gasteiger partial charge in [0, 0.05) is 24.5 Å². The van der Waals surface area contributed by atoms with Crippen LogP contribution in [-0.2, 0) is 0 Å². The molecule has 18 heavy (non-hydrogen) atoms. The first kappa shape index (κ1) is 12.1. The zero-order valence-electron chi connectivity index (χ0n) is 9.78. The molecule has 0 spiro atoms. The zero-order valence-corrected chi connectivity index (χ0v) is 9.78. The molecule has 0 aliphatic rings. The largest absolute Gasteiger partial charge is 0.483 e. The van der Waals surface area contributed by atoms with Crippen LogP contribution >= 0.6 is 0 Å². The van der Waals surface area contributed by atoms with Gasteiger partial charge >= 0.3 is 0 Å². The third-order valence-electron chi connectivity index (χ3n) is 2.55. The topological polar surface area (TPSA) is 71.9 Å². The maximum absolute atomic E-state index is 9.00. The van der Waals surface area contributed by atoms with Gasteiger partial charge in [-0.25, -0.2) is 0 Å². The minimum absolute atomic E-state index is 0.298. The first-order valence-corrected chi connectivity index (χ1v) is 5.61. The van der Waals surface area contributed by atoms with Crippen molar-refractivity contribution in [1.82, 2.24) is 4.98 Å². The molecule has 4 heteroatoms. The zero-order chi connectivity index (χ0) is 12.8. The lowest BCUT2D eigenvalue weighted by atomic mass is 10.1. The third-order valence-corrected chi connectivity index (χ3v) is 2.55. The molecule has 1 heterocycles. The summed E-state index contributed by atoms with van der Waals surface area (Å²) in [6.07, 6.45) is 3.11. The molecule has 0 radical (unpaired) electrons. The van der Waals surface area contributed by atoms with Crippen LogP contribution in [0.25, 0.3) is 0 Å². The Morgan fingerprint density at radius 3 is 2.78 bits per heavy atom. The van der Waals surface area contributed by atoms with E-state index in [0.29, 0.717) is 17.9 Å². The van der Waals surface area contributed by atoms with Gasteiger partial charge in [-0.3, -0.25) is 4.98 Å². The fraction of sp³-hybridized carbons (Fsp3) is 0.143. The molecule has 0 bridgehead atoms. The SMILES string of the molecule is N#Cc1ccccc1OC(CN)c1cccnc1. The second kappa shape index (κ2) is 5.80. The molecule has 0 aliphatic carbocycles. The lowest BCUT2D eigenvalue weighted by molar-refractivity contribution is 0.213. The molecule has 0 amide bonds. The lowest BCUT2D eigenvalue weighted by Crippen LogP contribution is -2.19. The number of para-hydroxylation sites is 1. The van der Waals surface area contributed by atoms with Crippen molar-refractivity contribution in [2.75, 3.05) is 6.54 Å². The van der Waals surface area contributed by atoms with Crippen molar-refractivity contribution in [1.29, 1.82) is 5.26 Å². The Bertz CT molecular complexity index is 548. The molecular weight excluding hydrogens is 226 g/mol. The van der Waals surface area contributed by atoms with E-state index in [1.165, 1.54) is 0 Å². The van der Waals surface area contributed by atoms with Gasteiger partial charge in [-0.2, -0.15) is 5.26 Å². The Balaban J connectivity index is 2.24. The highest BCUT2D eigenvalue weighted by molar-refractivity contribution is 5.42. The predicted molar refractivity (Wildman–Crippen MR) is 67.8 cm³/mol. The van der Waals surface area contributed by atoms with Gasteiger partial charge in [0.25, 0.3) is 0 Å². The predicted octanol–water partition coefficient (Wildman–Crippen LogP) is 2.03. The highest BCUT2D eigenvalue weighted by atomic mass is 16.5. The van der Waals surface area contributed by atoms with Crippen molar-refractivity contribution >= 4 is 0 Å². The van der Waals surface area contributed by atoms with E-state index in [4.69, 9.17) is 15.7 Å². The molecule has 2 N–H and O–H groups in total. The summed E-state index contributed by atoms with van der Waals surface area (Å²) in [5, 5.41) is 9.00. The van der Waals surface area contributed by atoms with Crippen LogP contribution in [0.5, 0.6) is 5.75 Å². The number of ether oxygens (including phenoxy) is 1. The molecule has 90 valence electrons. The van der Waals surface area contributed by atoms with Gasteiger partial charge in [-0.05, 0) is 18.2 Å². The summed E-state index contributed by atoms with van der Waals surface area (Å²) < 4.78 is 5.78. The van der Waals surface area contributed by atoms with Gasteiger partial charge in [0.15, 0.2) is 0 Å². The van der Waals surface area contributed by atoms with Crippen LogP contribution in [0.3, 0.4) is 0 Å². The number of rotatable bonds is 4. The second-order valence-electron chi connectivity index (χ2n) is 3.74. The average Bonchev–Trinajstić information content (AvgIpc) is 2.46. The minimum atomic E-state index is -0.298. The Labute approximate surface area is 106 Å². The molecule has 1 atom stereocenters. The summed E-state index contributed by atoms with van der Waals surface area (Å²) in [6, 6.07) is 12.9. The van der Waals surface area contributed by atoms with E-state index in [1.807, 2.05) is 18.2 Å². The number of nitrogens with two attached hydrogens (primary N) is 1. The Hall–Kier alpha value is -2.38. The number of nitriles is 1. The Kier molecular flexibility index (Phi) is 3.90. The van der Waals surface area contributed by atoms with Crippen LogP contribution in [-0.4, -0.2) is 11.5 Å². The Morgan fingerprint density at radius 2 is 2.11 bits per heavy atom. The van der Waals surface area contributed by atoms with Crippen molar-refractivity contribution in [3.63, 3.8) is 0 Å². The van der Waals surface area contributed by atoms with E-state index >= 15 is 0 Å². The van der Waals surface area contributed by atoms with E-state index in [1.54, 1.807) is 30.6 Å². The van der Waals surface area contributed by atoms with Crippen LogP contribution in [0.1, 0.15) is 17.2 Å². The van der Waals surface area contributed by atoms with Gasteiger partial charge < -0.3 is 10.5 Å². The number of aromatic nitrogens is 1. The summed E-state index contributed by atoms with van der Waals surface area (Å²) >= 11 is 0. The van der Waals surface area contributed by atoms with E-state index in [2.05, 4.69) is 11.1 Å². The average molecular weight is 239 g/mol. The van der Waals surface area contributed by atoms with Crippen LogP contribution in [0.2, 0.25) is 0 Å². The van der Waals surface area contributed by atoms with E-state index < -0.39 is 0 Å². The van der Waals surface area contributed by atoms with Crippen molar-refractivity contribution in [2.24, 2.45) is 5.73 Å². The molecule has 0 fully saturated rings. The Morgan fingerprint density at radius 1 is 1.28 bits per heavy atom. The van der Waals surface area contributed by atoms with E-state index in [-0.39, 0.29) is 6.10 Å². The van der Waals surface area contributed by atoms with Crippen molar-refractivity contribution in [3.8, 4) is 11.8 Å². The highest BCUT2D eigenvalue weighted by Gasteiger charge is 2.13. The molecule has 0 saturated heterocycles. The van der Waals surface area contributed by atoms with Gasteiger partial charge in [-0.1, -0.05) is 18.2 Å². The van der Waals surface area contributed by atoms with Crippen LogP contribution in [0, 0.1) is 11.3 Å². The van der Waals surface area contributed by atoms with Gasteiger partial charge in [0.05, 0.1) is 5.56 Å². The monoisotopic (exact) mass is 239 g/mol. The van der Waals surface area contributed by atoms with Crippen molar-refractivity contribution in [2.45, 2.75) is 6.10 Å². The molecule has 2 aromatic rings. The number of hydrogen-bond donors (Lipinski definition) is 1. The fourth-order valence-corrected chi connectivity index (χ4v) is 1.63. The van der Waals surface area contributed by atoms with Gasteiger partial charge in [0.1, 0.15) is 17.9 Å². The smallest absolute Gasteiger partial charge is 0.138 e. The molecule has 1 unspecified atom stereocenters. The van der Waals surface area contributed by atoms with Crippen molar-refractivity contribution in [3.05, 3.63) is 59.9 Å². The minimum Gasteiger partial charge on any atom is -0.483 e. The van der Waals surface area contributed by atoms with Gasteiger partial charge in [-0.15, -0.1) is 0 Å². The quantitative estimate of drug-likeness (QED) is 0.886. The summed E-state index contributed by atoms with van der Waals surface area (Å²) in [5.41, 5.74) is 7.10. The maximum atomic E-state index is 9.00. The first-order valence-electron chi connectivity index (χ1n) is 5.61. The molecule has 0 saturated carbocycles. The normalized spacial score (nSPS) is 11.6. The van der Waals surface area contributed by atoms with Crippen LogP contribution in [0.4, 0.5) is 0 Å². The van der Waals surface area contributed by atoms with Gasteiger partial charge in [0.2, 0.25) is 0 Å². The van der Waals surface area contributed by atoms with Crippen LogP contribution < -0.4 is 10.5 Å². The second-order valence-corrected chi connectivity index (χ2v) is 3.74.